The number of carbonyl (C=O) groups excluding carboxylic acids is 2. The van der Waals surface area contributed by atoms with Crippen molar-refractivity contribution in [1.82, 2.24) is 4.90 Å². The van der Waals surface area contributed by atoms with Gasteiger partial charge in [0.15, 0.2) is 0 Å². The maximum atomic E-state index is 14.0. The summed E-state index contributed by atoms with van der Waals surface area (Å²) < 4.78 is 14.0. The molecule has 27 heavy (non-hydrogen) atoms. The number of amides is 2. The van der Waals surface area contributed by atoms with Crippen molar-refractivity contribution >= 4 is 29.1 Å². The lowest BCUT2D eigenvalue weighted by atomic mass is 9.95. The minimum atomic E-state index is -0.623. The molecule has 0 radical (unpaired) electrons. The third kappa shape index (κ3) is 4.30. The van der Waals surface area contributed by atoms with Crippen LogP contribution in [0.15, 0.2) is 36.4 Å². The van der Waals surface area contributed by atoms with Crippen LogP contribution in [0, 0.1) is 25.6 Å². The molecule has 0 saturated carbocycles. The number of hydrogen-bond donors (Lipinski definition) is 1. The highest BCUT2D eigenvalue weighted by molar-refractivity contribution is 6.33. The van der Waals surface area contributed by atoms with Gasteiger partial charge in [-0.05, 0) is 50.5 Å². The molecule has 1 aliphatic rings. The molecule has 0 spiro atoms. The maximum absolute atomic E-state index is 14.0. The molecular formula is C21H22ClFN2O2. The van der Waals surface area contributed by atoms with Gasteiger partial charge in [0.25, 0.3) is 5.91 Å². The van der Waals surface area contributed by atoms with Crippen LogP contribution in [0.4, 0.5) is 10.1 Å². The first-order valence-electron chi connectivity index (χ1n) is 8.98. The van der Waals surface area contributed by atoms with Gasteiger partial charge in [0, 0.05) is 24.7 Å². The van der Waals surface area contributed by atoms with Gasteiger partial charge in [-0.2, -0.15) is 0 Å². The minimum Gasteiger partial charge on any atom is -0.338 e. The van der Waals surface area contributed by atoms with Crippen molar-refractivity contribution in [2.75, 3.05) is 18.4 Å². The molecule has 142 valence electrons. The number of hydrogen-bond acceptors (Lipinski definition) is 2. The van der Waals surface area contributed by atoms with Crippen LogP contribution in [-0.2, 0) is 4.79 Å². The largest absolute Gasteiger partial charge is 0.338 e. The first kappa shape index (κ1) is 19.4. The van der Waals surface area contributed by atoms with E-state index >= 15 is 0 Å². The molecule has 1 N–H and O–H groups in total. The van der Waals surface area contributed by atoms with E-state index < -0.39 is 11.7 Å². The van der Waals surface area contributed by atoms with Crippen molar-refractivity contribution in [3.8, 4) is 0 Å². The van der Waals surface area contributed by atoms with Crippen molar-refractivity contribution in [2.45, 2.75) is 26.7 Å². The zero-order valence-corrected chi connectivity index (χ0v) is 16.1. The summed E-state index contributed by atoms with van der Waals surface area (Å²) in [7, 11) is 0. The van der Waals surface area contributed by atoms with Crippen molar-refractivity contribution in [3.63, 3.8) is 0 Å². The van der Waals surface area contributed by atoms with Gasteiger partial charge in [-0.15, -0.1) is 0 Å². The van der Waals surface area contributed by atoms with Crippen LogP contribution >= 0.6 is 11.6 Å². The quantitative estimate of drug-likeness (QED) is 0.836. The van der Waals surface area contributed by atoms with Crippen LogP contribution in [0.2, 0.25) is 5.02 Å². The van der Waals surface area contributed by atoms with E-state index in [0.717, 1.165) is 16.8 Å². The standard InChI is InChI=1S/C21H22ClFN2O2/c1-13-6-7-18(14(2)12-13)24-20(26)15-8-10-25(11-9-15)21(27)19-16(22)4-3-5-17(19)23/h3-7,12,15H,8-11H2,1-2H3,(H,24,26). The van der Waals surface area contributed by atoms with Crippen molar-refractivity contribution in [1.29, 1.82) is 0 Å². The van der Waals surface area contributed by atoms with Gasteiger partial charge < -0.3 is 10.2 Å². The number of halogens is 2. The SMILES string of the molecule is Cc1ccc(NC(=O)C2CCN(C(=O)c3c(F)cccc3Cl)CC2)c(C)c1. The summed E-state index contributed by atoms with van der Waals surface area (Å²) in [4.78, 5) is 26.7. The molecule has 1 aliphatic heterocycles. The molecule has 1 fully saturated rings. The van der Waals surface area contributed by atoms with Crippen LogP contribution in [0.25, 0.3) is 0 Å². The van der Waals surface area contributed by atoms with Crippen LogP contribution in [0.5, 0.6) is 0 Å². The van der Waals surface area contributed by atoms with E-state index in [9.17, 15) is 14.0 Å². The molecule has 0 aromatic heterocycles. The highest BCUT2D eigenvalue weighted by atomic mass is 35.5. The van der Waals surface area contributed by atoms with Crippen LogP contribution in [0.1, 0.15) is 34.3 Å². The Morgan fingerprint density at radius 3 is 2.48 bits per heavy atom. The van der Waals surface area contributed by atoms with E-state index in [-0.39, 0.29) is 22.4 Å². The summed E-state index contributed by atoms with van der Waals surface area (Å²) in [6, 6.07) is 10.1. The van der Waals surface area contributed by atoms with Gasteiger partial charge in [-0.25, -0.2) is 4.39 Å². The number of piperidine rings is 1. The maximum Gasteiger partial charge on any atom is 0.258 e. The van der Waals surface area contributed by atoms with Gasteiger partial charge in [0.05, 0.1) is 10.6 Å². The second-order valence-corrected chi connectivity index (χ2v) is 7.38. The highest BCUT2D eigenvalue weighted by Crippen LogP contribution is 2.25. The van der Waals surface area contributed by atoms with Crippen LogP contribution in [-0.4, -0.2) is 29.8 Å². The number of benzene rings is 2. The van der Waals surface area contributed by atoms with E-state index in [4.69, 9.17) is 11.6 Å². The summed E-state index contributed by atoms with van der Waals surface area (Å²) in [6.45, 7) is 4.76. The third-order valence-corrected chi connectivity index (χ3v) is 5.28. The second kappa shape index (κ2) is 8.09. The lowest BCUT2D eigenvalue weighted by Gasteiger charge is -2.31. The molecule has 0 bridgehead atoms. The molecule has 0 aliphatic carbocycles. The average Bonchev–Trinajstić information content (AvgIpc) is 2.64. The molecule has 4 nitrogen and oxygen atoms in total. The molecule has 0 unspecified atom stereocenters. The summed E-state index contributed by atoms with van der Waals surface area (Å²) in [5.74, 6) is -1.27. The fourth-order valence-electron chi connectivity index (χ4n) is 3.39. The number of aryl methyl sites for hydroxylation is 2. The minimum absolute atomic E-state index is 0.0435. The van der Waals surface area contributed by atoms with E-state index in [1.54, 1.807) is 4.90 Å². The summed E-state index contributed by atoms with van der Waals surface area (Å²) in [6.07, 6.45) is 1.07. The Labute approximate surface area is 163 Å². The number of nitrogens with one attached hydrogen (secondary N) is 1. The predicted molar refractivity (Wildman–Crippen MR) is 105 cm³/mol. The molecule has 1 heterocycles. The Balaban J connectivity index is 1.61. The van der Waals surface area contributed by atoms with E-state index in [1.807, 2.05) is 32.0 Å². The number of carbonyl (C=O) groups is 2. The Morgan fingerprint density at radius 2 is 1.85 bits per heavy atom. The summed E-state index contributed by atoms with van der Waals surface area (Å²) in [5.41, 5.74) is 2.87. The Morgan fingerprint density at radius 1 is 1.15 bits per heavy atom. The molecule has 3 rings (SSSR count). The summed E-state index contributed by atoms with van der Waals surface area (Å²) >= 11 is 5.99. The van der Waals surface area contributed by atoms with Crippen molar-refractivity contribution in [2.24, 2.45) is 5.92 Å². The lowest BCUT2D eigenvalue weighted by molar-refractivity contribution is -0.121. The van der Waals surface area contributed by atoms with Crippen molar-refractivity contribution < 1.29 is 14.0 Å². The van der Waals surface area contributed by atoms with E-state index in [0.29, 0.717) is 25.9 Å². The molecule has 0 atom stereocenters. The fourth-order valence-corrected chi connectivity index (χ4v) is 3.64. The lowest BCUT2D eigenvalue weighted by Crippen LogP contribution is -2.41. The predicted octanol–water partition coefficient (Wildman–Crippen LogP) is 4.59. The molecular weight excluding hydrogens is 367 g/mol. The topological polar surface area (TPSA) is 49.4 Å². The monoisotopic (exact) mass is 388 g/mol. The van der Waals surface area contributed by atoms with E-state index in [2.05, 4.69) is 5.32 Å². The van der Waals surface area contributed by atoms with Crippen LogP contribution in [0.3, 0.4) is 0 Å². The zero-order valence-electron chi connectivity index (χ0n) is 15.4. The fraction of sp³-hybridized carbons (Fsp3) is 0.333. The Bertz CT molecular complexity index is 856. The number of anilines is 1. The number of rotatable bonds is 3. The first-order chi connectivity index (χ1) is 12.9. The van der Waals surface area contributed by atoms with Crippen molar-refractivity contribution in [3.05, 3.63) is 63.9 Å². The van der Waals surface area contributed by atoms with Gasteiger partial charge in [-0.3, -0.25) is 9.59 Å². The normalized spacial score (nSPS) is 14.9. The smallest absolute Gasteiger partial charge is 0.258 e. The van der Waals surface area contributed by atoms with Gasteiger partial charge in [0.2, 0.25) is 5.91 Å². The third-order valence-electron chi connectivity index (χ3n) is 4.97. The Hall–Kier alpha value is -2.40. The first-order valence-corrected chi connectivity index (χ1v) is 9.36. The van der Waals surface area contributed by atoms with Gasteiger partial charge >= 0.3 is 0 Å². The number of likely N-dealkylation sites (tertiary alicyclic amines) is 1. The molecule has 2 aromatic carbocycles. The average molecular weight is 389 g/mol. The zero-order chi connectivity index (χ0) is 19.6. The molecule has 2 amide bonds. The highest BCUT2D eigenvalue weighted by Gasteiger charge is 2.30. The molecule has 1 saturated heterocycles. The molecule has 2 aromatic rings. The van der Waals surface area contributed by atoms with Crippen LogP contribution < -0.4 is 5.32 Å². The number of nitrogens with zero attached hydrogens (tertiary/aromatic N) is 1. The van der Waals surface area contributed by atoms with Gasteiger partial charge in [0.1, 0.15) is 5.82 Å². The van der Waals surface area contributed by atoms with Gasteiger partial charge in [-0.1, -0.05) is 35.4 Å². The second-order valence-electron chi connectivity index (χ2n) is 6.97. The Kier molecular flexibility index (Phi) is 5.80. The summed E-state index contributed by atoms with van der Waals surface area (Å²) in [5, 5.41) is 3.08. The van der Waals surface area contributed by atoms with E-state index in [1.165, 1.54) is 18.2 Å². The molecule has 6 heteroatoms.